The van der Waals surface area contributed by atoms with Gasteiger partial charge >= 0.3 is 6.18 Å². The largest absolute Gasteiger partial charge is 0.431 e. The van der Waals surface area contributed by atoms with E-state index in [2.05, 4.69) is 0 Å². The van der Waals surface area contributed by atoms with Crippen molar-refractivity contribution in [2.45, 2.75) is 6.18 Å². The van der Waals surface area contributed by atoms with Crippen molar-refractivity contribution in [1.82, 2.24) is 4.98 Å². The maximum atomic E-state index is 11.9. The lowest BCUT2D eigenvalue weighted by molar-refractivity contribution is -0.140. The van der Waals surface area contributed by atoms with Gasteiger partial charge in [-0.15, -0.1) is 0 Å². The number of alkyl halides is 3. The van der Waals surface area contributed by atoms with Crippen LogP contribution < -0.4 is 5.73 Å². The van der Waals surface area contributed by atoms with Crippen LogP contribution in [0.15, 0.2) is 12.1 Å². The van der Waals surface area contributed by atoms with Gasteiger partial charge in [0.15, 0.2) is 0 Å². The number of halogens is 3. The minimum atomic E-state index is -4.46. The van der Waals surface area contributed by atoms with E-state index in [-0.39, 0.29) is 5.69 Å². The van der Waals surface area contributed by atoms with E-state index in [1.54, 1.807) is 0 Å². The number of amides is 1. The van der Waals surface area contributed by atoms with Crippen molar-refractivity contribution in [2.24, 2.45) is 5.73 Å². The van der Waals surface area contributed by atoms with Gasteiger partial charge in [-0.3, -0.25) is 4.79 Å². The maximum absolute atomic E-state index is 11.9. The van der Waals surface area contributed by atoms with Crippen molar-refractivity contribution in [2.75, 3.05) is 0 Å². The third kappa shape index (κ3) is 1.58. The Balaban J connectivity index is 3.00. The van der Waals surface area contributed by atoms with Gasteiger partial charge in [0.1, 0.15) is 11.4 Å². The normalized spacial score (nSPS) is 11.6. The summed E-state index contributed by atoms with van der Waals surface area (Å²) in [4.78, 5) is 12.2. The molecule has 3 nitrogen and oxygen atoms in total. The summed E-state index contributed by atoms with van der Waals surface area (Å²) in [5, 5.41) is 0. The van der Waals surface area contributed by atoms with E-state index in [1.807, 2.05) is 4.98 Å². The summed E-state index contributed by atoms with van der Waals surface area (Å²) in [6.45, 7) is 0. The van der Waals surface area contributed by atoms with Gasteiger partial charge in [0, 0.05) is 0 Å². The van der Waals surface area contributed by atoms with Crippen LogP contribution >= 0.6 is 0 Å². The first-order valence-corrected chi connectivity index (χ1v) is 2.97. The number of H-pyrrole nitrogens is 1. The lowest BCUT2D eigenvalue weighted by Crippen LogP contribution is -2.12. The number of rotatable bonds is 1. The molecule has 0 fully saturated rings. The van der Waals surface area contributed by atoms with Crippen LogP contribution in [0.4, 0.5) is 13.2 Å². The zero-order chi connectivity index (χ0) is 9.35. The highest BCUT2D eigenvalue weighted by Crippen LogP contribution is 2.27. The zero-order valence-electron chi connectivity index (χ0n) is 5.77. The molecule has 1 aromatic heterocycles. The molecule has 0 aromatic carbocycles. The molecule has 0 radical (unpaired) electrons. The average molecular weight is 178 g/mol. The molecular formula is C6H5F3N2O. The van der Waals surface area contributed by atoms with Gasteiger partial charge in [-0.2, -0.15) is 13.2 Å². The zero-order valence-corrected chi connectivity index (χ0v) is 5.77. The molecule has 6 heteroatoms. The Hall–Kier alpha value is -1.46. The van der Waals surface area contributed by atoms with E-state index in [4.69, 9.17) is 5.73 Å². The standard InChI is InChI=1S/C6H5F3N2O/c7-6(8,9)4-2-1-3(11-4)5(10)12/h1-2,11H,(H2,10,12). The number of carbonyl (C=O) groups is 1. The van der Waals surface area contributed by atoms with Gasteiger partial charge in [0.25, 0.3) is 5.91 Å². The van der Waals surface area contributed by atoms with Gasteiger partial charge < -0.3 is 10.7 Å². The Morgan fingerprint density at radius 1 is 1.42 bits per heavy atom. The van der Waals surface area contributed by atoms with Gasteiger partial charge in [-0.25, -0.2) is 0 Å². The molecule has 0 spiro atoms. The van der Waals surface area contributed by atoms with Gasteiger partial charge in [0.2, 0.25) is 0 Å². The summed E-state index contributed by atoms with van der Waals surface area (Å²) in [5.41, 5.74) is 3.51. The summed E-state index contributed by atoms with van der Waals surface area (Å²) in [5.74, 6) is -0.912. The van der Waals surface area contributed by atoms with Crippen LogP contribution in [0.1, 0.15) is 16.2 Å². The van der Waals surface area contributed by atoms with E-state index in [0.29, 0.717) is 0 Å². The van der Waals surface area contributed by atoms with Gasteiger partial charge in [-0.05, 0) is 12.1 Å². The van der Waals surface area contributed by atoms with Crippen molar-refractivity contribution in [1.29, 1.82) is 0 Å². The Kier molecular flexibility index (Phi) is 1.83. The first-order valence-electron chi connectivity index (χ1n) is 2.97. The van der Waals surface area contributed by atoms with E-state index in [0.717, 1.165) is 12.1 Å². The van der Waals surface area contributed by atoms with Crippen LogP contribution in [-0.4, -0.2) is 10.9 Å². The molecule has 0 atom stereocenters. The minimum Gasteiger partial charge on any atom is -0.364 e. The number of carbonyl (C=O) groups excluding carboxylic acids is 1. The summed E-state index contributed by atoms with van der Waals surface area (Å²) in [6.07, 6.45) is -4.46. The molecule has 3 N–H and O–H groups in total. The SMILES string of the molecule is NC(=O)c1ccc(C(F)(F)F)[nH]1. The number of nitrogens with two attached hydrogens (primary N) is 1. The average Bonchev–Trinajstić information content (AvgIpc) is 2.30. The molecule has 0 bridgehead atoms. The Morgan fingerprint density at radius 3 is 2.25 bits per heavy atom. The first kappa shape index (κ1) is 8.63. The highest BCUT2D eigenvalue weighted by Gasteiger charge is 2.32. The summed E-state index contributed by atoms with van der Waals surface area (Å²) < 4.78 is 35.6. The third-order valence-corrected chi connectivity index (χ3v) is 1.26. The number of primary amides is 1. The quantitative estimate of drug-likeness (QED) is 0.665. The van der Waals surface area contributed by atoms with Crippen LogP contribution in [-0.2, 0) is 6.18 Å². The van der Waals surface area contributed by atoms with E-state index >= 15 is 0 Å². The van der Waals surface area contributed by atoms with Gasteiger partial charge in [0.05, 0.1) is 0 Å². The highest BCUT2D eigenvalue weighted by atomic mass is 19.4. The Bertz CT molecular complexity index is 302. The van der Waals surface area contributed by atoms with Crippen molar-refractivity contribution in [3.8, 4) is 0 Å². The second kappa shape index (κ2) is 2.54. The molecule has 1 amide bonds. The molecule has 66 valence electrons. The van der Waals surface area contributed by atoms with Crippen molar-refractivity contribution in [3.05, 3.63) is 23.5 Å². The predicted molar refractivity (Wildman–Crippen MR) is 34.3 cm³/mol. The summed E-state index contributed by atoms with van der Waals surface area (Å²) >= 11 is 0. The number of hydrogen-bond acceptors (Lipinski definition) is 1. The molecule has 1 rings (SSSR count). The molecule has 0 unspecified atom stereocenters. The third-order valence-electron chi connectivity index (χ3n) is 1.26. The number of aromatic amines is 1. The van der Waals surface area contributed by atoms with E-state index in [1.165, 1.54) is 0 Å². The van der Waals surface area contributed by atoms with Crippen LogP contribution in [0.5, 0.6) is 0 Å². The van der Waals surface area contributed by atoms with Crippen molar-refractivity contribution >= 4 is 5.91 Å². The molecule has 0 aliphatic rings. The fourth-order valence-electron chi connectivity index (χ4n) is 0.704. The van der Waals surface area contributed by atoms with Crippen molar-refractivity contribution in [3.63, 3.8) is 0 Å². The Labute approximate surface area is 65.4 Å². The van der Waals surface area contributed by atoms with Crippen LogP contribution in [0.25, 0.3) is 0 Å². The lowest BCUT2D eigenvalue weighted by atomic mass is 10.4. The maximum Gasteiger partial charge on any atom is 0.431 e. The lowest BCUT2D eigenvalue weighted by Gasteiger charge is -2.01. The monoisotopic (exact) mass is 178 g/mol. The number of nitrogens with one attached hydrogen (secondary N) is 1. The van der Waals surface area contributed by atoms with E-state index in [9.17, 15) is 18.0 Å². The highest BCUT2D eigenvalue weighted by molar-refractivity contribution is 5.90. The van der Waals surface area contributed by atoms with Crippen molar-refractivity contribution < 1.29 is 18.0 Å². The van der Waals surface area contributed by atoms with E-state index < -0.39 is 17.8 Å². The molecule has 1 aromatic rings. The number of aromatic nitrogens is 1. The van der Waals surface area contributed by atoms with Crippen LogP contribution in [0, 0.1) is 0 Å². The minimum absolute atomic E-state index is 0.248. The van der Waals surface area contributed by atoms with Crippen LogP contribution in [0.2, 0.25) is 0 Å². The second-order valence-corrected chi connectivity index (χ2v) is 2.15. The van der Waals surface area contributed by atoms with Crippen LogP contribution in [0.3, 0.4) is 0 Å². The topological polar surface area (TPSA) is 58.9 Å². The predicted octanol–water partition coefficient (Wildman–Crippen LogP) is 1.13. The molecule has 0 aliphatic carbocycles. The molecule has 1 heterocycles. The fourth-order valence-corrected chi connectivity index (χ4v) is 0.704. The second-order valence-electron chi connectivity index (χ2n) is 2.15. The summed E-state index contributed by atoms with van der Waals surface area (Å²) in [7, 11) is 0. The molecule has 0 aliphatic heterocycles. The smallest absolute Gasteiger partial charge is 0.364 e. The number of hydrogen-bond donors (Lipinski definition) is 2. The molecule has 12 heavy (non-hydrogen) atoms. The molecule has 0 saturated carbocycles. The Morgan fingerprint density at radius 2 is 2.00 bits per heavy atom. The fraction of sp³-hybridized carbons (Fsp3) is 0.167. The van der Waals surface area contributed by atoms with Gasteiger partial charge in [-0.1, -0.05) is 0 Å². The molecule has 0 saturated heterocycles. The molecular weight excluding hydrogens is 173 g/mol. The summed E-state index contributed by atoms with van der Waals surface area (Å²) in [6, 6.07) is 1.76. The first-order chi connectivity index (χ1) is 5.41.